The number of benzene rings is 2. The Morgan fingerprint density at radius 1 is 0.963 bits per heavy atom. The third-order valence-corrected chi connectivity index (χ3v) is 4.65. The van der Waals surface area contributed by atoms with Gasteiger partial charge in [-0.25, -0.2) is 0 Å². The Labute approximate surface area is 158 Å². The van der Waals surface area contributed by atoms with Crippen molar-refractivity contribution in [2.45, 2.75) is 26.4 Å². The van der Waals surface area contributed by atoms with E-state index in [1.807, 2.05) is 66.4 Å². The van der Waals surface area contributed by atoms with Crippen LogP contribution in [-0.4, -0.2) is 10.8 Å². The van der Waals surface area contributed by atoms with Gasteiger partial charge in [0, 0.05) is 17.5 Å². The lowest BCUT2D eigenvalue weighted by Gasteiger charge is -2.22. The van der Waals surface area contributed by atoms with Gasteiger partial charge in [-0.3, -0.25) is 4.79 Å². The molecule has 4 nitrogen and oxygen atoms in total. The zero-order valence-electron chi connectivity index (χ0n) is 15.2. The van der Waals surface area contributed by atoms with E-state index in [0.29, 0.717) is 19.5 Å². The zero-order chi connectivity index (χ0) is 18.6. The number of nitrogens with zero attached hydrogens (tertiary/aromatic N) is 1. The molecule has 4 rings (SSSR count). The maximum atomic E-state index is 13.1. The highest BCUT2D eigenvalue weighted by Crippen LogP contribution is 2.24. The molecular formula is C23H21NO3. The number of amides is 1. The second-order valence-corrected chi connectivity index (χ2v) is 6.75. The summed E-state index contributed by atoms with van der Waals surface area (Å²) in [6, 6.07) is 19.7. The molecule has 0 bridgehead atoms. The summed E-state index contributed by atoms with van der Waals surface area (Å²) < 4.78 is 11.1. The highest BCUT2D eigenvalue weighted by Gasteiger charge is 2.19. The number of rotatable bonds is 6. The summed E-state index contributed by atoms with van der Waals surface area (Å²) in [5.74, 6) is 0.812. The number of carbonyl (C=O) groups is 1. The van der Waals surface area contributed by atoms with Gasteiger partial charge in [0.05, 0.1) is 25.5 Å². The Hall–Kier alpha value is -3.27. The predicted molar refractivity (Wildman–Crippen MR) is 104 cm³/mol. The van der Waals surface area contributed by atoms with Crippen LogP contribution < -0.4 is 0 Å². The SMILES string of the molecule is Cc1ccc2occ(CC(=O)N(Cc3ccccc3)Cc3ccco3)c2c1. The van der Waals surface area contributed by atoms with Crippen molar-refractivity contribution in [1.82, 2.24) is 4.90 Å². The lowest BCUT2D eigenvalue weighted by molar-refractivity contribution is -0.132. The number of aryl methyl sites for hydroxylation is 1. The lowest BCUT2D eigenvalue weighted by Crippen LogP contribution is -2.31. The summed E-state index contributed by atoms with van der Waals surface area (Å²) >= 11 is 0. The van der Waals surface area contributed by atoms with Gasteiger partial charge in [0.15, 0.2) is 0 Å². The number of carbonyl (C=O) groups excluding carboxylic acids is 1. The van der Waals surface area contributed by atoms with Gasteiger partial charge in [0.1, 0.15) is 11.3 Å². The van der Waals surface area contributed by atoms with Crippen LogP contribution in [0.15, 0.2) is 82.0 Å². The lowest BCUT2D eigenvalue weighted by atomic mass is 10.1. The molecule has 0 N–H and O–H groups in total. The third kappa shape index (κ3) is 3.95. The quantitative estimate of drug-likeness (QED) is 0.481. The molecule has 0 unspecified atom stereocenters. The Bertz CT molecular complexity index is 1030. The van der Waals surface area contributed by atoms with Gasteiger partial charge < -0.3 is 13.7 Å². The first kappa shape index (κ1) is 17.2. The van der Waals surface area contributed by atoms with Crippen molar-refractivity contribution in [3.05, 3.63) is 95.6 Å². The van der Waals surface area contributed by atoms with Crippen molar-refractivity contribution >= 4 is 16.9 Å². The van der Waals surface area contributed by atoms with E-state index in [0.717, 1.165) is 33.4 Å². The number of fused-ring (bicyclic) bond motifs is 1. The van der Waals surface area contributed by atoms with Crippen LogP contribution in [0.3, 0.4) is 0 Å². The molecule has 136 valence electrons. The average Bonchev–Trinajstić information content (AvgIpc) is 3.32. The first-order chi connectivity index (χ1) is 13.2. The molecule has 0 aliphatic rings. The van der Waals surface area contributed by atoms with Gasteiger partial charge in [-0.15, -0.1) is 0 Å². The van der Waals surface area contributed by atoms with Gasteiger partial charge in [-0.05, 0) is 36.8 Å². The topological polar surface area (TPSA) is 46.6 Å². The molecule has 0 saturated carbocycles. The van der Waals surface area contributed by atoms with E-state index in [-0.39, 0.29) is 5.91 Å². The Kier molecular flexibility index (Phi) is 4.79. The molecule has 0 spiro atoms. The highest BCUT2D eigenvalue weighted by molar-refractivity contribution is 5.88. The van der Waals surface area contributed by atoms with E-state index in [1.165, 1.54) is 0 Å². The standard InChI is InChI=1S/C23H21NO3/c1-17-9-10-22-21(12-17)19(16-27-22)13-23(25)24(15-20-8-5-11-26-20)14-18-6-3-2-4-7-18/h2-12,16H,13-15H2,1H3. The molecule has 2 aromatic carbocycles. The monoisotopic (exact) mass is 359 g/mol. The van der Waals surface area contributed by atoms with Gasteiger partial charge in [-0.1, -0.05) is 42.0 Å². The molecule has 0 saturated heterocycles. The molecule has 0 fully saturated rings. The Morgan fingerprint density at radius 2 is 1.81 bits per heavy atom. The van der Waals surface area contributed by atoms with E-state index in [4.69, 9.17) is 8.83 Å². The second-order valence-electron chi connectivity index (χ2n) is 6.75. The number of furan rings is 2. The van der Waals surface area contributed by atoms with Gasteiger partial charge in [-0.2, -0.15) is 0 Å². The summed E-state index contributed by atoms with van der Waals surface area (Å²) in [5, 5.41) is 1.00. The number of hydrogen-bond donors (Lipinski definition) is 0. The normalized spacial score (nSPS) is 11.0. The third-order valence-electron chi connectivity index (χ3n) is 4.65. The molecule has 0 aliphatic carbocycles. The summed E-state index contributed by atoms with van der Waals surface area (Å²) in [6.45, 7) is 3.02. The maximum Gasteiger partial charge on any atom is 0.227 e. The van der Waals surface area contributed by atoms with Crippen LogP contribution in [0.25, 0.3) is 11.0 Å². The van der Waals surface area contributed by atoms with E-state index in [9.17, 15) is 4.79 Å². The van der Waals surface area contributed by atoms with Crippen molar-refractivity contribution in [2.75, 3.05) is 0 Å². The summed E-state index contributed by atoms with van der Waals surface area (Å²) in [5.41, 5.74) is 3.96. The van der Waals surface area contributed by atoms with Crippen molar-refractivity contribution in [1.29, 1.82) is 0 Å². The Morgan fingerprint density at radius 3 is 2.59 bits per heavy atom. The fourth-order valence-corrected chi connectivity index (χ4v) is 3.23. The van der Waals surface area contributed by atoms with E-state index in [1.54, 1.807) is 12.5 Å². The Balaban J connectivity index is 1.58. The van der Waals surface area contributed by atoms with E-state index in [2.05, 4.69) is 6.07 Å². The van der Waals surface area contributed by atoms with E-state index >= 15 is 0 Å². The van der Waals surface area contributed by atoms with Crippen molar-refractivity contribution in [2.24, 2.45) is 0 Å². The van der Waals surface area contributed by atoms with Crippen molar-refractivity contribution < 1.29 is 13.6 Å². The van der Waals surface area contributed by atoms with Gasteiger partial charge >= 0.3 is 0 Å². The smallest absolute Gasteiger partial charge is 0.227 e. The van der Waals surface area contributed by atoms with Crippen LogP contribution in [0, 0.1) is 6.92 Å². The van der Waals surface area contributed by atoms with Crippen molar-refractivity contribution in [3.8, 4) is 0 Å². The zero-order valence-corrected chi connectivity index (χ0v) is 15.2. The fourth-order valence-electron chi connectivity index (χ4n) is 3.23. The van der Waals surface area contributed by atoms with Crippen LogP contribution in [0.5, 0.6) is 0 Å². The highest BCUT2D eigenvalue weighted by atomic mass is 16.3. The van der Waals surface area contributed by atoms with Crippen LogP contribution in [0.2, 0.25) is 0 Å². The molecule has 4 aromatic rings. The summed E-state index contributed by atoms with van der Waals surface area (Å²) in [7, 11) is 0. The average molecular weight is 359 g/mol. The van der Waals surface area contributed by atoms with Crippen LogP contribution in [0.4, 0.5) is 0 Å². The minimum atomic E-state index is 0.0412. The summed E-state index contributed by atoms with van der Waals surface area (Å²) in [4.78, 5) is 14.9. The molecular weight excluding hydrogens is 338 g/mol. The molecule has 0 aliphatic heterocycles. The number of hydrogen-bond acceptors (Lipinski definition) is 3. The van der Waals surface area contributed by atoms with Crippen molar-refractivity contribution in [3.63, 3.8) is 0 Å². The fraction of sp³-hybridized carbons (Fsp3) is 0.174. The van der Waals surface area contributed by atoms with E-state index < -0.39 is 0 Å². The van der Waals surface area contributed by atoms with Gasteiger partial charge in [0.2, 0.25) is 5.91 Å². The first-order valence-electron chi connectivity index (χ1n) is 9.00. The van der Waals surface area contributed by atoms with Gasteiger partial charge in [0.25, 0.3) is 0 Å². The maximum absolute atomic E-state index is 13.1. The largest absolute Gasteiger partial charge is 0.467 e. The van der Waals surface area contributed by atoms with Crippen LogP contribution >= 0.6 is 0 Å². The second kappa shape index (κ2) is 7.54. The molecule has 1 amide bonds. The molecule has 4 heteroatoms. The first-order valence-corrected chi connectivity index (χ1v) is 9.00. The van der Waals surface area contributed by atoms with Crippen LogP contribution in [0.1, 0.15) is 22.5 Å². The minimum absolute atomic E-state index is 0.0412. The summed E-state index contributed by atoms with van der Waals surface area (Å²) in [6.07, 6.45) is 3.62. The minimum Gasteiger partial charge on any atom is -0.467 e. The molecule has 0 radical (unpaired) electrons. The predicted octanol–water partition coefficient (Wildman–Crippen LogP) is 5.11. The molecule has 2 heterocycles. The van der Waals surface area contributed by atoms with Crippen LogP contribution in [-0.2, 0) is 24.3 Å². The molecule has 27 heavy (non-hydrogen) atoms. The molecule has 2 aromatic heterocycles. The molecule has 0 atom stereocenters.